The van der Waals surface area contributed by atoms with Gasteiger partial charge in [-0.15, -0.1) is 0 Å². The number of phosphoric acid groups is 1. The third kappa shape index (κ3) is 45.1. The molecule has 0 aromatic rings. The van der Waals surface area contributed by atoms with Gasteiger partial charge in [0.05, 0.1) is 0 Å². The average molecular weight is 364 g/mol. The fourth-order valence-corrected chi connectivity index (χ4v) is 2.31. The number of hydrogen-bond donors (Lipinski definition) is 4. The topological polar surface area (TPSA) is 98.0 Å². The normalized spacial score (nSPS) is 10.7. The van der Waals surface area contributed by atoms with Gasteiger partial charge >= 0.3 is 37.4 Å². The van der Waals surface area contributed by atoms with Crippen LogP contribution >= 0.6 is 7.82 Å². The molecule has 0 aliphatic carbocycles. The molecule has 0 unspecified atom stereocenters. The molecule has 7 heteroatoms. The SMILES string of the molecule is CCCCCCCCCCCCCCCCO.O=P(O)(O)O.[H-].[Na+]. The second-order valence-electron chi connectivity index (χ2n) is 5.83. The Morgan fingerprint density at radius 3 is 1.09 bits per heavy atom. The molecule has 0 bridgehead atoms. The van der Waals surface area contributed by atoms with E-state index in [9.17, 15) is 0 Å². The summed E-state index contributed by atoms with van der Waals surface area (Å²) in [6, 6.07) is 0. The Kier molecular flexibility index (Phi) is 28.9. The van der Waals surface area contributed by atoms with E-state index < -0.39 is 7.82 Å². The van der Waals surface area contributed by atoms with Gasteiger partial charge < -0.3 is 21.2 Å². The van der Waals surface area contributed by atoms with Crippen LogP contribution in [0.25, 0.3) is 0 Å². The van der Waals surface area contributed by atoms with Crippen LogP contribution in [0.1, 0.15) is 98.2 Å². The first-order valence-corrected chi connectivity index (χ1v) is 10.4. The first-order chi connectivity index (χ1) is 10.4. The van der Waals surface area contributed by atoms with Gasteiger partial charge in [0.15, 0.2) is 0 Å². The molecule has 0 atom stereocenters. The van der Waals surface area contributed by atoms with Crippen molar-refractivity contribution in [3.8, 4) is 0 Å². The Balaban J connectivity index is -0.000000250. The molecule has 0 saturated heterocycles. The molecule has 0 spiro atoms. The van der Waals surface area contributed by atoms with Crippen LogP contribution in [0.3, 0.4) is 0 Å². The van der Waals surface area contributed by atoms with Crippen LogP contribution < -0.4 is 29.6 Å². The minimum atomic E-state index is -4.64. The van der Waals surface area contributed by atoms with Crippen molar-refractivity contribution in [3.05, 3.63) is 0 Å². The molecule has 0 aliphatic heterocycles. The summed E-state index contributed by atoms with van der Waals surface area (Å²) in [7, 11) is -4.64. The van der Waals surface area contributed by atoms with Gasteiger partial charge in [-0.1, -0.05) is 90.4 Å². The Morgan fingerprint density at radius 1 is 0.652 bits per heavy atom. The monoisotopic (exact) mass is 364 g/mol. The summed E-state index contributed by atoms with van der Waals surface area (Å²) in [6.45, 7) is 2.65. The second-order valence-corrected chi connectivity index (χ2v) is 6.86. The standard InChI is InChI=1S/C16H34O.Na.H3O4P.H/c1-2-3-4-5-6-7-8-9-10-11-12-13-14-15-16-17;;1-5(2,3)4;/h17H,2-16H2,1H3;;(H3,1,2,3,4);/q;+1;;-1. The maximum absolute atomic E-state index is 8.88. The van der Waals surface area contributed by atoms with Gasteiger partial charge in [0.2, 0.25) is 0 Å². The maximum atomic E-state index is 8.88. The summed E-state index contributed by atoms with van der Waals surface area (Å²) in [5.74, 6) is 0. The van der Waals surface area contributed by atoms with Gasteiger partial charge in [-0.05, 0) is 6.42 Å². The molecular formula is C16H38NaO5P. The molecule has 0 fully saturated rings. The Hall–Kier alpha value is 1.07. The number of aliphatic hydroxyl groups is 1. The number of hydrogen-bond acceptors (Lipinski definition) is 2. The van der Waals surface area contributed by atoms with E-state index in [4.69, 9.17) is 24.4 Å². The van der Waals surface area contributed by atoms with Gasteiger partial charge in [-0.25, -0.2) is 4.57 Å². The zero-order valence-corrected chi connectivity index (χ0v) is 18.1. The van der Waals surface area contributed by atoms with Crippen molar-refractivity contribution in [3.63, 3.8) is 0 Å². The van der Waals surface area contributed by atoms with E-state index in [1.165, 1.54) is 83.5 Å². The molecule has 0 amide bonds. The quantitative estimate of drug-likeness (QED) is 0.213. The molecule has 0 radical (unpaired) electrons. The first kappa shape index (κ1) is 28.9. The average Bonchev–Trinajstić information content (AvgIpc) is 2.42. The maximum Gasteiger partial charge on any atom is 1.00 e. The molecule has 0 saturated carbocycles. The Bertz CT molecular complexity index is 232. The van der Waals surface area contributed by atoms with E-state index >= 15 is 0 Å². The number of unbranched alkanes of at least 4 members (excludes halogenated alkanes) is 13. The smallest absolute Gasteiger partial charge is 1.00 e. The van der Waals surface area contributed by atoms with Gasteiger partial charge in [-0.3, -0.25) is 0 Å². The minimum Gasteiger partial charge on any atom is -1.00 e. The molecular weight excluding hydrogens is 326 g/mol. The molecule has 23 heavy (non-hydrogen) atoms. The van der Waals surface area contributed by atoms with Crippen molar-refractivity contribution in [2.45, 2.75) is 96.8 Å². The fraction of sp³-hybridized carbons (Fsp3) is 1.00. The van der Waals surface area contributed by atoms with Crippen LogP contribution in [-0.2, 0) is 4.57 Å². The molecule has 0 aromatic carbocycles. The van der Waals surface area contributed by atoms with E-state index in [1.54, 1.807) is 0 Å². The van der Waals surface area contributed by atoms with Crippen LogP contribution in [0.15, 0.2) is 0 Å². The van der Waals surface area contributed by atoms with Crippen molar-refractivity contribution in [1.82, 2.24) is 0 Å². The van der Waals surface area contributed by atoms with Crippen molar-refractivity contribution in [2.24, 2.45) is 0 Å². The zero-order valence-electron chi connectivity index (χ0n) is 16.3. The van der Waals surface area contributed by atoms with Crippen molar-refractivity contribution < 1.29 is 55.3 Å². The summed E-state index contributed by atoms with van der Waals surface area (Å²) in [5, 5.41) is 8.64. The van der Waals surface area contributed by atoms with Crippen LogP contribution in [0.2, 0.25) is 0 Å². The molecule has 138 valence electrons. The largest absolute Gasteiger partial charge is 1.00 e. The predicted molar refractivity (Wildman–Crippen MR) is 92.8 cm³/mol. The van der Waals surface area contributed by atoms with E-state index in [2.05, 4.69) is 6.92 Å². The van der Waals surface area contributed by atoms with Crippen molar-refractivity contribution in [1.29, 1.82) is 0 Å². The van der Waals surface area contributed by atoms with Gasteiger partial charge in [0.1, 0.15) is 0 Å². The zero-order chi connectivity index (χ0) is 17.1. The second kappa shape index (κ2) is 23.1. The van der Waals surface area contributed by atoms with E-state index in [0.29, 0.717) is 6.61 Å². The first-order valence-electron chi connectivity index (χ1n) is 8.81. The predicted octanol–water partition coefficient (Wildman–Crippen LogP) is 1.65. The van der Waals surface area contributed by atoms with Crippen LogP contribution in [0.4, 0.5) is 0 Å². The molecule has 5 nitrogen and oxygen atoms in total. The minimum absolute atomic E-state index is 0. The summed E-state index contributed by atoms with van der Waals surface area (Å²) >= 11 is 0. The van der Waals surface area contributed by atoms with Crippen LogP contribution in [-0.4, -0.2) is 26.4 Å². The Labute approximate surface area is 166 Å². The van der Waals surface area contributed by atoms with Crippen LogP contribution in [0.5, 0.6) is 0 Å². The molecule has 0 aliphatic rings. The number of aliphatic hydroxyl groups excluding tert-OH is 1. The summed E-state index contributed by atoms with van der Waals surface area (Å²) in [4.78, 5) is 21.6. The molecule has 4 N–H and O–H groups in total. The molecule has 0 heterocycles. The van der Waals surface area contributed by atoms with Crippen molar-refractivity contribution >= 4 is 7.82 Å². The summed E-state index contributed by atoms with van der Waals surface area (Å²) in [5.41, 5.74) is 0. The van der Waals surface area contributed by atoms with E-state index in [0.717, 1.165) is 6.42 Å². The van der Waals surface area contributed by atoms with E-state index in [-0.39, 0.29) is 31.0 Å². The molecule has 0 aromatic heterocycles. The summed E-state index contributed by atoms with van der Waals surface area (Å²) < 4.78 is 8.88. The van der Waals surface area contributed by atoms with Gasteiger partial charge in [0, 0.05) is 6.61 Å². The van der Waals surface area contributed by atoms with Crippen molar-refractivity contribution in [2.75, 3.05) is 6.61 Å². The third-order valence-corrected chi connectivity index (χ3v) is 3.51. The Morgan fingerprint density at radius 2 is 0.870 bits per heavy atom. The number of rotatable bonds is 14. The van der Waals surface area contributed by atoms with Gasteiger partial charge in [0.25, 0.3) is 0 Å². The summed E-state index contributed by atoms with van der Waals surface area (Å²) in [6.07, 6.45) is 19.2. The molecule has 0 rings (SSSR count). The fourth-order valence-electron chi connectivity index (χ4n) is 2.31. The van der Waals surface area contributed by atoms with Crippen LogP contribution in [0, 0.1) is 0 Å². The van der Waals surface area contributed by atoms with Gasteiger partial charge in [-0.2, -0.15) is 0 Å². The van der Waals surface area contributed by atoms with E-state index in [1.807, 2.05) is 0 Å². The third-order valence-electron chi connectivity index (χ3n) is 3.51.